The maximum Gasteiger partial charge on any atom is 0.254 e. The van der Waals surface area contributed by atoms with Crippen molar-refractivity contribution in [2.75, 3.05) is 54.1 Å². The summed E-state index contributed by atoms with van der Waals surface area (Å²) in [6.07, 6.45) is 4.36. The van der Waals surface area contributed by atoms with E-state index in [1.54, 1.807) is 33.5 Å². The number of nitrogens with one attached hydrogen (secondary N) is 1. The first-order valence-electron chi connectivity index (χ1n) is 9.80. The Morgan fingerprint density at radius 1 is 1.00 bits per heavy atom. The number of carbonyl (C=O) groups excluding carboxylic acids is 1. The molecule has 1 amide bonds. The molecule has 6 heteroatoms. The fraction of sp³-hybridized carbons (Fsp3) is 0.348. The van der Waals surface area contributed by atoms with Crippen LogP contribution in [-0.2, 0) is 0 Å². The van der Waals surface area contributed by atoms with E-state index in [9.17, 15) is 4.79 Å². The average Bonchev–Trinajstić information content (AvgIpc) is 2.78. The van der Waals surface area contributed by atoms with Gasteiger partial charge in [0.15, 0.2) is 11.5 Å². The number of piperazine rings is 1. The van der Waals surface area contributed by atoms with Crippen molar-refractivity contribution in [1.29, 1.82) is 0 Å². The Morgan fingerprint density at radius 2 is 1.62 bits per heavy atom. The minimum Gasteiger partial charge on any atom is -0.493 e. The highest BCUT2D eigenvalue weighted by atomic mass is 16.5. The van der Waals surface area contributed by atoms with E-state index in [1.807, 2.05) is 23.1 Å². The van der Waals surface area contributed by atoms with Crippen molar-refractivity contribution in [3.8, 4) is 17.2 Å². The molecule has 2 aromatic rings. The maximum absolute atomic E-state index is 13.0. The summed E-state index contributed by atoms with van der Waals surface area (Å²) >= 11 is 0. The molecule has 0 bridgehead atoms. The molecule has 1 aliphatic heterocycles. The molecule has 0 aromatic heterocycles. The summed E-state index contributed by atoms with van der Waals surface area (Å²) in [6, 6.07) is 13.7. The van der Waals surface area contributed by atoms with Crippen LogP contribution >= 0.6 is 0 Å². The van der Waals surface area contributed by atoms with Gasteiger partial charge in [0.1, 0.15) is 0 Å². The zero-order chi connectivity index (χ0) is 20.6. The van der Waals surface area contributed by atoms with E-state index in [4.69, 9.17) is 14.2 Å². The number of amides is 1. The molecule has 0 radical (unpaired) electrons. The van der Waals surface area contributed by atoms with Gasteiger partial charge in [0.2, 0.25) is 5.75 Å². The number of hydrogen-bond donors (Lipinski definition) is 1. The van der Waals surface area contributed by atoms with Crippen LogP contribution in [0.3, 0.4) is 0 Å². The normalized spacial score (nSPS) is 14.8. The Labute approximate surface area is 172 Å². The summed E-state index contributed by atoms with van der Waals surface area (Å²) in [5.74, 6) is 1.46. The lowest BCUT2D eigenvalue weighted by molar-refractivity contribution is -0.898. The molecule has 0 atom stereocenters. The minimum absolute atomic E-state index is 0.0110. The van der Waals surface area contributed by atoms with Gasteiger partial charge in [0.05, 0.1) is 54.1 Å². The highest BCUT2D eigenvalue weighted by Gasteiger charge is 2.26. The van der Waals surface area contributed by atoms with Gasteiger partial charge in [-0.2, -0.15) is 0 Å². The summed E-state index contributed by atoms with van der Waals surface area (Å²) in [4.78, 5) is 16.4. The predicted molar refractivity (Wildman–Crippen MR) is 113 cm³/mol. The number of methoxy groups -OCH3 is 3. The molecule has 1 N–H and O–H groups in total. The lowest BCUT2D eigenvalue weighted by Gasteiger charge is -2.32. The van der Waals surface area contributed by atoms with Crippen LogP contribution in [0, 0.1) is 0 Å². The van der Waals surface area contributed by atoms with Crippen molar-refractivity contribution in [2.24, 2.45) is 0 Å². The second-order valence-corrected chi connectivity index (χ2v) is 6.97. The Kier molecular flexibility index (Phi) is 7.14. The molecule has 6 nitrogen and oxygen atoms in total. The molecule has 29 heavy (non-hydrogen) atoms. The van der Waals surface area contributed by atoms with Crippen molar-refractivity contribution in [2.45, 2.75) is 0 Å². The van der Waals surface area contributed by atoms with Gasteiger partial charge in [-0.15, -0.1) is 0 Å². The number of carbonyl (C=O) groups is 1. The average molecular weight is 397 g/mol. The Balaban J connectivity index is 1.59. The van der Waals surface area contributed by atoms with E-state index >= 15 is 0 Å². The van der Waals surface area contributed by atoms with Crippen molar-refractivity contribution < 1.29 is 23.9 Å². The molecule has 2 aromatic carbocycles. The van der Waals surface area contributed by atoms with Crippen LogP contribution in [-0.4, -0.2) is 64.9 Å². The maximum atomic E-state index is 13.0. The third-order valence-corrected chi connectivity index (χ3v) is 5.19. The van der Waals surface area contributed by atoms with E-state index in [0.29, 0.717) is 22.8 Å². The van der Waals surface area contributed by atoms with Gasteiger partial charge in [-0.3, -0.25) is 4.79 Å². The lowest BCUT2D eigenvalue weighted by Crippen LogP contribution is -3.14. The second-order valence-electron chi connectivity index (χ2n) is 6.97. The number of hydrogen-bond acceptors (Lipinski definition) is 4. The van der Waals surface area contributed by atoms with Crippen LogP contribution in [0.1, 0.15) is 15.9 Å². The van der Waals surface area contributed by atoms with Crippen molar-refractivity contribution >= 4 is 12.0 Å². The molecule has 0 spiro atoms. The van der Waals surface area contributed by atoms with Crippen LogP contribution in [0.15, 0.2) is 48.5 Å². The smallest absolute Gasteiger partial charge is 0.254 e. The van der Waals surface area contributed by atoms with Gasteiger partial charge >= 0.3 is 0 Å². The first-order valence-corrected chi connectivity index (χ1v) is 9.80. The number of nitrogens with zero attached hydrogens (tertiary/aromatic N) is 1. The van der Waals surface area contributed by atoms with Gasteiger partial charge in [0, 0.05) is 5.56 Å². The Bertz CT molecular complexity index is 818. The number of rotatable bonds is 7. The molecular formula is C23H29N2O4+. The number of benzene rings is 2. The van der Waals surface area contributed by atoms with Crippen LogP contribution in [0.2, 0.25) is 0 Å². The second kappa shape index (κ2) is 9.98. The van der Waals surface area contributed by atoms with Crippen LogP contribution in [0.25, 0.3) is 6.08 Å². The van der Waals surface area contributed by atoms with Gasteiger partial charge in [-0.25, -0.2) is 0 Å². The SMILES string of the molecule is COc1cc(C(=O)N2CC[NH+](C/C=C/c3ccccc3)CC2)cc(OC)c1OC. The topological polar surface area (TPSA) is 52.4 Å². The van der Waals surface area contributed by atoms with Crippen molar-refractivity contribution in [3.05, 3.63) is 59.7 Å². The first-order chi connectivity index (χ1) is 14.2. The quantitative estimate of drug-likeness (QED) is 0.774. The zero-order valence-electron chi connectivity index (χ0n) is 17.3. The predicted octanol–water partition coefficient (Wildman–Crippen LogP) is 1.77. The Hall–Kier alpha value is -2.99. The van der Waals surface area contributed by atoms with E-state index in [2.05, 4.69) is 24.3 Å². The first kappa shape index (κ1) is 20.7. The molecule has 0 unspecified atom stereocenters. The van der Waals surface area contributed by atoms with Gasteiger partial charge in [-0.05, 0) is 23.8 Å². The van der Waals surface area contributed by atoms with Crippen LogP contribution < -0.4 is 19.1 Å². The van der Waals surface area contributed by atoms with Crippen molar-refractivity contribution in [3.63, 3.8) is 0 Å². The molecule has 1 saturated heterocycles. The lowest BCUT2D eigenvalue weighted by atomic mass is 10.1. The monoisotopic (exact) mass is 397 g/mol. The third kappa shape index (κ3) is 5.09. The van der Waals surface area contributed by atoms with Crippen LogP contribution in [0.5, 0.6) is 17.2 Å². The largest absolute Gasteiger partial charge is 0.493 e. The highest BCUT2D eigenvalue weighted by molar-refractivity contribution is 5.95. The van der Waals surface area contributed by atoms with E-state index in [1.165, 1.54) is 10.5 Å². The zero-order valence-corrected chi connectivity index (χ0v) is 17.3. The molecular weight excluding hydrogens is 368 g/mol. The number of ether oxygens (including phenoxy) is 3. The fourth-order valence-corrected chi connectivity index (χ4v) is 3.54. The van der Waals surface area contributed by atoms with Gasteiger partial charge in [-0.1, -0.05) is 36.4 Å². The van der Waals surface area contributed by atoms with E-state index < -0.39 is 0 Å². The van der Waals surface area contributed by atoms with Crippen molar-refractivity contribution in [1.82, 2.24) is 4.90 Å². The molecule has 1 aliphatic rings. The number of quaternary nitrogens is 1. The summed E-state index contributed by atoms with van der Waals surface area (Å²) < 4.78 is 16.1. The summed E-state index contributed by atoms with van der Waals surface area (Å²) in [5.41, 5.74) is 1.76. The minimum atomic E-state index is -0.0110. The molecule has 1 heterocycles. The summed E-state index contributed by atoms with van der Waals surface area (Å²) in [5, 5.41) is 0. The molecule has 154 valence electrons. The standard InChI is InChI=1S/C23H28N2O4/c1-27-20-16-19(17-21(28-2)22(20)29-3)23(26)25-14-12-24(13-15-25)11-7-10-18-8-5-4-6-9-18/h4-10,16-17H,11-15H2,1-3H3/p+1/b10-7+. The summed E-state index contributed by atoms with van der Waals surface area (Å²) in [7, 11) is 4.66. The fourth-order valence-electron chi connectivity index (χ4n) is 3.54. The van der Waals surface area contributed by atoms with E-state index in [0.717, 1.165) is 32.7 Å². The molecule has 3 rings (SSSR count). The molecule has 0 aliphatic carbocycles. The van der Waals surface area contributed by atoms with Crippen LogP contribution in [0.4, 0.5) is 0 Å². The summed E-state index contributed by atoms with van der Waals surface area (Å²) in [6.45, 7) is 4.26. The highest BCUT2D eigenvalue weighted by Crippen LogP contribution is 2.38. The van der Waals surface area contributed by atoms with E-state index in [-0.39, 0.29) is 5.91 Å². The molecule has 1 fully saturated rings. The van der Waals surface area contributed by atoms with Gasteiger partial charge in [0.25, 0.3) is 5.91 Å². The Morgan fingerprint density at radius 3 is 2.17 bits per heavy atom. The third-order valence-electron chi connectivity index (χ3n) is 5.19. The molecule has 0 saturated carbocycles. The van der Waals surface area contributed by atoms with Gasteiger partial charge < -0.3 is 24.0 Å².